The van der Waals surface area contributed by atoms with Gasteiger partial charge in [-0.15, -0.1) is 11.8 Å². The molecule has 5 rings (SSSR count). The van der Waals surface area contributed by atoms with Gasteiger partial charge >= 0.3 is 6.18 Å². The summed E-state index contributed by atoms with van der Waals surface area (Å²) in [7, 11) is 0. The van der Waals surface area contributed by atoms with Crippen LogP contribution in [0.15, 0.2) is 120 Å². The average molecular weight is 738 g/mol. The van der Waals surface area contributed by atoms with E-state index in [0.29, 0.717) is 16.0 Å². The van der Waals surface area contributed by atoms with Crippen LogP contribution in [0.5, 0.6) is 0 Å². The van der Waals surface area contributed by atoms with E-state index in [9.17, 15) is 45.1 Å². The quantitative estimate of drug-likeness (QED) is 0.0577. The summed E-state index contributed by atoms with van der Waals surface area (Å²) in [6.07, 6.45) is -4.22. The topological polar surface area (TPSA) is 87.3 Å². The van der Waals surface area contributed by atoms with Gasteiger partial charge in [-0.2, -0.15) is 13.2 Å². The fraction of sp³-hybridized carbons (Fsp3) is 0.0789. The molecule has 5 aromatic rings. The van der Waals surface area contributed by atoms with Crippen LogP contribution >= 0.6 is 11.8 Å². The molecular weight excluding hydrogens is 711 g/mol. The molecule has 52 heavy (non-hydrogen) atoms. The summed E-state index contributed by atoms with van der Waals surface area (Å²) in [5.74, 6) is -12.6. The lowest BCUT2D eigenvalue weighted by Gasteiger charge is -2.19. The minimum Gasteiger partial charge on any atom is -0.321 e. The van der Waals surface area contributed by atoms with Crippen molar-refractivity contribution in [2.24, 2.45) is 0 Å². The fourth-order valence-electron chi connectivity index (χ4n) is 4.88. The number of rotatable bonds is 10. The number of hydrogen-bond donors (Lipinski definition) is 3. The molecule has 1 atom stereocenters. The molecule has 0 aliphatic rings. The summed E-state index contributed by atoms with van der Waals surface area (Å²) in [6, 6.07) is 29.1. The van der Waals surface area contributed by atoms with Crippen LogP contribution in [0.2, 0.25) is 0 Å². The standard InChI is InChI=1S/C38H26F7N3O3S/c1-21-10-8-9-15-24(21)20-27(47-35(49)23-13-6-3-7-14-23)36(50)46-25-16-18-26(19-17-25)52-34(22-11-4-2-5-12-22)37(51)48-33-31(41)29(39)28(38(43,44)45)30(40)32(33)42/h2-20,34H,1H3,(H,46,50)(H,47,49)(H,48,51)/b27-20-. The van der Waals surface area contributed by atoms with Crippen molar-refractivity contribution in [3.05, 3.63) is 166 Å². The van der Waals surface area contributed by atoms with Crippen LogP contribution in [0.1, 0.15) is 37.9 Å². The van der Waals surface area contributed by atoms with E-state index in [1.165, 1.54) is 42.5 Å². The number of nitrogens with one attached hydrogen (secondary N) is 3. The largest absolute Gasteiger partial charge is 0.422 e. The van der Waals surface area contributed by atoms with Crippen LogP contribution in [0.25, 0.3) is 6.08 Å². The Kier molecular flexibility index (Phi) is 11.5. The normalized spacial score (nSPS) is 12.2. The molecule has 0 heterocycles. The van der Waals surface area contributed by atoms with Gasteiger partial charge in [-0.1, -0.05) is 72.8 Å². The van der Waals surface area contributed by atoms with Crippen molar-refractivity contribution in [3.8, 4) is 0 Å². The first-order chi connectivity index (χ1) is 24.7. The lowest BCUT2D eigenvalue weighted by atomic mass is 10.1. The number of benzene rings is 5. The predicted octanol–water partition coefficient (Wildman–Crippen LogP) is 9.45. The van der Waals surface area contributed by atoms with Crippen LogP contribution in [-0.4, -0.2) is 17.7 Å². The van der Waals surface area contributed by atoms with Crippen LogP contribution in [0.4, 0.5) is 42.1 Å². The van der Waals surface area contributed by atoms with Crippen molar-refractivity contribution in [1.29, 1.82) is 0 Å². The molecular formula is C38H26F7N3O3S. The van der Waals surface area contributed by atoms with Crippen molar-refractivity contribution in [2.75, 3.05) is 10.6 Å². The second-order valence-corrected chi connectivity index (χ2v) is 12.3. The van der Waals surface area contributed by atoms with E-state index in [0.717, 1.165) is 17.3 Å². The Labute approximate surface area is 296 Å². The SMILES string of the molecule is Cc1ccccc1/C=C(\NC(=O)c1ccccc1)C(=O)Nc1ccc(SC(C(=O)Nc2c(F)c(F)c(C(F)(F)F)c(F)c2F)c2ccccc2)cc1. The van der Waals surface area contributed by atoms with E-state index in [2.05, 4.69) is 10.6 Å². The highest BCUT2D eigenvalue weighted by Gasteiger charge is 2.43. The van der Waals surface area contributed by atoms with Crippen molar-refractivity contribution in [3.63, 3.8) is 0 Å². The maximum absolute atomic E-state index is 14.6. The third-order valence-electron chi connectivity index (χ3n) is 7.52. The summed E-state index contributed by atoms with van der Waals surface area (Å²) >= 11 is 0.834. The summed E-state index contributed by atoms with van der Waals surface area (Å²) in [5, 5.41) is 5.72. The van der Waals surface area contributed by atoms with E-state index >= 15 is 0 Å². The molecule has 0 aromatic heterocycles. The van der Waals surface area contributed by atoms with Gasteiger partial charge < -0.3 is 16.0 Å². The van der Waals surface area contributed by atoms with Crippen LogP contribution in [-0.2, 0) is 15.8 Å². The van der Waals surface area contributed by atoms with E-state index < -0.39 is 63.7 Å². The molecule has 3 N–H and O–H groups in total. The van der Waals surface area contributed by atoms with Gasteiger partial charge in [0, 0.05) is 16.1 Å². The van der Waals surface area contributed by atoms with Crippen LogP contribution < -0.4 is 16.0 Å². The molecule has 3 amide bonds. The number of carbonyl (C=O) groups is 3. The zero-order valence-electron chi connectivity index (χ0n) is 26.8. The summed E-state index contributed by atoms with van der Waals surface area (Å²) in [4.78, 5) is 40.1. The molecule has 0 spiro atoms. The number of halogens is 7. The molecule has 1 unspecified atom stereocenters. The van der Waals surface area contributed by atoms with Gasteiger partial charge in [-0.05, 0) is 66.1 Å². The number of amides is 3. The number of alkyl halides is 3. The Hall–Kier alpha value is -5.89. The van der Waals surface area contributed by atoms with Gasteiger partial charge in [0.25, 0.3) is 11.8 Å². The molecule has 14 heteroatoms. The molecule has 0 aliphatic carbocycles. The zero-order valence-corrected chi connectivity index (χ0v) is 27.6. The molecule has 6 nitrogen and oxygen atoms in total. The number of anilines is 2. The van der Waals surface area contributed by atoms with Crippen molar-refractivity contribution >= 4 is 46.9 Å². The van der Waals surface area contributed by atoms with Crippen molar-refractivity contribution < 1.29 is 45.1 Å². The zero-order chi connectivity index (χ0) is 37.6. The Morgan fingerprint density at radius 1 is 0.692 bits per heavy atom. The van der Waals surface area contributed by atoms with Gasteiger partial charge in [-0.3, -0.25) is 14.4 Å². The molecule has 0 fully saturated rings. The van der Waals surface area contributed by atoms with Gasteiger partial charge in [0.2, 0.25) is 5.91 Å². The number of aryl methyl sites for hydroxylation is 1. The minimum atomic E-state index is -5.75. The van der Waals surface area contributed by atoms with Crippen LogP contribution in [0.3, 0.4) is 0 Å². The number of carbonyl (C=O) groups excluding carboxylic acids is 3. The molecule has 0 bridgehead atoms. The van der Waals surface area contributed by atoms with E-state index in [4.69, 9.17) is 0 Å². The first-order valence-electron chi connectivity index (χ1n) is 15.2. The Bertz CT molecular complexity index is 2120. The molecule has 266 valence electrons. The summed E-state index contributed by atoms with van der Waals surface area (Å²) < 4.78 is 96.9. The van der Waals surface area contributed by atoms with Gasteiger partial charge in [-0.25, -0.2) is 17.6 Å². The lowest BCUT2D eigenvalue weighted by Crippen LogP contribution is -2.30. The summed E-state index contributed by atoms with van der Waals surface area (Å²) in [6.45, 7) is 1.84. The third-order valence-corrected chi connectivity index (χ3v) is 8.79. The molecule has 0 saturated carbocycles. The van der Waals surface area contributed by atoms with Crippen LogP contribution in [0, 0.1) is 30.2 Å². The molecule has 0 radical (unpaired) electrons. The first kappa shape index (κ1) is 37.4. The third kappa shape index (κ3) is 8.69. The van der Waals surface area contributed by atoms with E-state index in [-0.39, 0.29) is 16.9 Å². The fourth-order valence-corrected chi connectivity index (χ4v) is 5.90. The maximum Gasteiger partial charge on any atom is 0.422 e. The van der Waals surface area contributed by atoms with Gasteiger partial charge in [0.1, 0.15) is 22.2 Å². The summed E-state index contributed by atoms with van der Waals surface area (Å²) in [5.41, 5.74) is -2.14. The molecule has 0 saturated heterocycles. The second kappa shape index (κ2) is 16.0. The van der Waals surface area contributed by atoms with Gasteiger partial charge in [0.05, 0.1) is 0 Å². The van der Waals surface area contributed by atoms with Crippen molar-refractivity contribution in [2.45, 2.75) is 23.2 Å². The highest BCUT2D eigenvalue weighted by Crippen LogP contribution is 2.40. The Morgan fingerprint density at radius 3 is 1.83 bits per heavy atom. The molecule has 0 aliphatic heterocycles. The average Bonchev–Trinajstić information content (AvgIpc) is 3.13. The maximum atomic E-state index is 14.6. The van der Waals surface area contributed by atoms with Crippen molar-refractivity contribution in [1.82, 2.24) is 5.32 Å². The van der Waals surface area contributed by atoms with Gasteiger partial charge in [0.15, 0.2) is 23.3 Å². The minimum absolute atomic E-state index is 0.0574. The number of hydrogen-bond acceptors (Lipinski definition) is 4. The van der Waals surface area contributed by atoms with E-state index in [1.807, 2.05) is 19.1 Å². The molecule has 5 aromatic carbocycles. The lowest BCUT2D eigenvalue weighted by molar-refractivity contribution is -0.143. The monoisotopic (exact) mass is 737 g/mol. The first-order valence-corrected chi connectivity index (χ1v) is 16.1. The highest BCUT2D eigenvalue weighted by atomic mass is 32.2. The number of thioether (sulfide) groups is 1. The predicted molar refractivity (Wildman–Crippen MR) is 183 cm³/mol. The Morgan fingerprint density at radius 2 is 1.25 bits per heavy atom. The Balaban J connectivity index is 1.37. The second-order valence-electron chi connectivity index (χ2n) is 11.1. The smallest absolute Gasteiger partial charge is 0.321 e. The van der Waals surface area contributed by atoms with E-state index in [1.54, 1.807) is 66.0 Å². The highest BCUT2D eigenvalue weighted by molar-refractivity contribution is 8.00.